The summed E-state index contributed by atoms with van der Waals surface area (Å²) in [5.41, 5.74) is 3.63. The SMILES string of the molecule is CC(=O)Nc1nc2c(Oc3cc(-c4ccc(CF)cc4)nc(NC(C)(C)[C@@H]4CCCN4Cc4ccccc4)n3)cccc2s1. The predicted octanol–water partition coefficient (Wildman–Crippen LogP) is 7.83. The van der Waals surface area contributed by atoms with E-state index >= 15 is 0 Å². The Morgan fingerprint density at radius 3 is 2.57 bits per heavy atom. The lowest BCUT2D eigenvalue weighted by atomic mass is 9.92. The van der Waals surface area contributed by atoms with Crippen molar-refractivity contribution in [2.24, 2.45) is 0 Å². The van der Waals surface area contributed by atoms with Gasteiger partial charge in [0.05, 0.1) is 15.9 Å². The Morgan fingerprint density at radius 1 is 1.02 bits per heavy atom. The van der Waals surface area contributed by atoms with Gasteiger partial charge in [-0.1, -0.05) is 72.0 Å². The van der Waals surface area contributed by atoms with E-state index < -0.39 is 6.67 Å². The first-order valence-electron chi connectivity index (χ1n) is 14.7. The normalized spacial score (nSPS) is 15.4. The van der Waals surface area contributed by atoms with Crippen molar-refractivity contribution in [3.63, 3.8) is 0 Å². The van der Waals surface area contributed by atoms with Crippen LogP contribution in [0.5, 0.6) is 11.6 Å². The van der Waals surface area contributed by atoms with Crippen LogP contribution in [0.25, 0.3) is 21.5 Å². The fourth-order valence-electron chi connectivity index (χ4n) is 5.79. The second-order valence-electron chi connectivity index (χ2n) is 11.6. The molecule has 0 bridgehead atoms. The van der Waals surface area contributed by atoms with E-state index in [0.717, 1.165) is 36.2 Å². The van der Waals surface area contributed by atoms with E-state index in [9.17, 15) is 9.18 Å². The third kappa shape index (κ3) is 6.71. The first-order valence-corrected chi connectivity index (χ1v) is 15.5. The van der Waals surface area contributed by atoms with Gasteiger partial charge in [-0.25, -0.2) is 14.4 Å². The number of benzene rings is 3. The maximum atomic E-state index is 13.2. The van der Waals surface area contributed by atoms with Crippen LogP contribution < -0.4 is 15.4 Å². The minimum Gasteiger partial charge on any atom is -0.437 e. The Morgan fingerprint density at radius 2 is 1.82 bits per heavy atom. The highest BCUT2D eigenvalue weighted by molar-refractivity contribution is 7.22. The lowest BCUT2D eigenvalue weighted by Gasteiger charge is -2.38. The molecule has 2 N–H and O–H groups in total. The predicted molar refractivity (Wildman–Crippen MR) is 174 cm³/mol. The Labute approximate surface area is 260 Å². The van der Waals surface area contributed by atoms with Crippen LogP contribution in [0.4, 0.5) is 15.5 Å². The number of carbonyl (C=O) groups is 1. The maximum absolute atomic E-state index is 13.2. The van der Waals surface area contributed by atoms with Gasteiger partial charge in [-0.05, 0) is 56.5 Å². The van der Waals surface area contributed by atoms with Gasteiger partial charge in [0.1, 0.15) is 12.2 Å². The number of nitrogens with one attached hydrogen (secondary N) is 2. The maximum Gasteiger partial charge on any atom is 0.227 e. The molecule has 0 radical (unpaired) electrons. The van der Waals surface area contributed by atoms with Crippen molar-refractivity contribution in [3.05, 3.63) is 90.0 Å². The lowest BCUT2D eigenvalue weighted by molar-refractivity contribution is -0.114. The van der Waals surface area contributed by atoms with E-state index in [0.29, 0.717) is 39.5 Å². The zero-order valence-electron chi connectivity index (χ0n) is 25.0. The van der Waals surface area contributed by atoms with Crippen molar-refractivity contribution in [1.29, 1.82) is 0 Å². The number of hydrogen-bond acceptors (Lipinski definition) is 8. The number of halogens is 1. The third-order valence-electron chi connectivity index (χ3n) is 7.85. The topological polar surface area (TPSA) is 92.3 Å². The van der Waals surface area contributed by atoms with Gasteiger partial charge in [-0.15, -0.1) is 0 Å². The number of likely N-dealkylation sites (tertiary alicyclic amines) is 1. The summed E-state index contributed by atoms with van der Waals surface area (Å²) in [5, 5.41) is 6.89. The van der Waals surface area contributed by atoms with Crippen molar-refractivity contribution in [3.8, 4) is 22.9 Å². The number of alkyl halides is 1. The molecule has 0 unspecified atom stereocenters. The summed E-state index contributed by atoms with van der Waals surface area (Å²) in [6, 6.07) is 25.5. The Kier molecular flexibility index (Phi) is 8.54. The minimum atomic E-state index is -0.529. The van der Waals surface area contributed by atoms with Crippen molar-refractivity contribution in [2.75, 3.05) is 17.2 Å². The first-order chi connectivity index (χ1) is 21.3. The second-order valence-corrected chi connectivity index (χ2v) is 12.6. The molecule has 226 valence electrons. The van der Waals surface area contributed by atoms with Crippen molar-refractivity contribution in [2.45, 2.75) is 58.4 Å². The standard InChI is InChI=1S/C34H35FN6O2S/c1-22(42)36-33-39-31-27(11-7-12-28(31)44-33)43-30-19-26(25-16-14-23(20-35)15-17-25)37-32(38-30)40-34(2,3)29-13-8-18-41(29)21-24-9-5-4-6-10-24/h4-7,9-12,14-17,19,29H,8,13,18,20-21H2,1-3H3,(H,36,39,42)(H,37,38,40)/t29-/m0/s1. The van der Waals surface area contributed by atoms with Gasteiger partial charge in [0.15, 0.2) is 10.9 Å². The highest BCUT2D eigenvalue weighted by Gasteiger charge is 2.38. The number of carbonyl (C=O) groups excluding carboxylic acids is 1. The number of anilines is 2. The van der Waals surface area contributed by atoms with Crippen LogP contribution in [-0.4, -0.2) is 43.9 Å². The molecule has 6 rings (SSSR count). The minimum absolute atomic E-state index is 0.186. The molecular formula is C34H35FN6O2S. The van der Waals surface area contributed by atoms with E-state index in [2.05, 4.69) is 58.6 Å². The molecule has 1 amide bonds. The van der Waals surface area contributed by atoms with Gasteiger partial charge in [0.25, 0.3) is 0 Å². The molecule has 1 saturated heterocycles. The lowest BCUT2D eigenvalue weighted by Crippen LogP contribution is -2.50. The average Bonchev–Trinajstić information content (AvgIpc) is 3.65. The fourth-order valence-corrected chi connectivity index (χ4v) is 6.72. The average molecular weight is 611 g/mol. The molecule has 2 aromatic heterocycles. The molecule has 44 heavy (non-hydrogen) atoms. The molecule has 3 heterocycles. The van der Waals surface area contributed by atoms with Crippen LogP contribution >= 0.6 is 11.3 Å². The highest BCUT2D eigenvalue weighted by Crippen LogP contribution is 2.36. The fraction of sp³-hybridized carbons (Fsp3) is 0.294. The summed E-state index contributed by atoms with van der Waals surface area (Å²) in [6.07, 6.45) is 2.18. The molecule has 0 saturated carbocycles. The Bertz CT molecular complexity index is 1760. The number of aromatic nitrogens is 3. The highest BCUT2D eigenvalue weighted by atomic mass is 32.1. The van der Waals surface area contributed by atoms with Crippen molar-refractivity contribution in [1.82, 2.24) is 19.9 Å². The second kappa shape index (κ2) is 12.7. The van der Waals surface area contributed by atoms with Crippen molar-refractivity contribution < 1.29 is 13.9 Å². The summed E-state index contributed by atoms with van der Waals surface area (Å²) < 4.78 is 20.5. The molecule has 1 aliphatic heterocycles. The smallest absolute Gasteiger partial charge is 0.227 e. The van der Waals surface area contributed by atoms with Crippen LogP contribution in [0.3, 0.4) is 0 Å². The Balaban J connectivity index is 1.33. The largest absolute Gasteiger partial charge is 0.437 e. The van der Waals surface area contributed by atoms with E-state index in [-0.39, 0.29) is 17.5 Å². The number of ether oxygens (including phenoxy) is 1. The molecular weight excluding hydrogens is 575 g/mol. The Hall–Kier alpha value is -4.41. The molecule has 0 spiro atoms. The van der Waals surface area contributed by atoms with Crippen LogP contribution in [-0.2, 0) is 18.0 Å². The molecule has 10 heteroatoms. The molecule has 1 atom stereocenters. The molecule has 3 aromatic carbocycles. The van der Waals surface area contributed by atoms with E-state index in [4.69, 9.17) is 14.7 Å². The molecule has 1 fully saturated rings. The number of amides is 1. The first kappa shape index (κ1) is 29.7. The quantitative estimate of drug-likeness (QED) is 0.167. The van der Waals surface area contributed by atoms with Gasteiger partial charge in [-0.2, -0.15) is 4.98 Å². The summed E-state index contributed by atoms with van der Waals surface area (Å²) in [4.78, 5) is 28.4. The zero-order valence-corrected chi connectivity index (χ0v) is 25.8. The number of fused-ring (bicyclic) bond motifs is 1. The number of rotatable bonds is 10. The summed E-state index contributed by atoms with van der Waals surface area (Å²) >= 11 is 1.38. The van der Waals surface area contributed by atoms with Crippen LogP contribution in [0.2, 0.25) is 0 Å². The number of para-hydroxylation sites is 1. The van der Waals surface area contributed by atoms with Gasteiger partial charge < -0.3 is 15.4 Å². The zero-order chi connectivity index (χ0) is 30.7. The van der Waals surface area contributed by atoms with Gasteiger partial charge in [0.2, 0.25) is 17.7 Å². The van der Waals surface area contributed by atoms with Crippen LogP contribution in [0, 0.1) is 0 Å². The van der Waals surface area contributed by atoms with Crippen LogP contribution in [0.15, 0.2) is 78.9 Å². The third-order valence-corrected chi connectivity index (χ3v) is 8.78. The van der Waals surface area contributed by atoms with Crippen molar-refractivity contribution >= 4 is 38.5 Å². The number of thiazole rings is 1. The number of hydrogen-bond donors (Lipinski definition) is 2. The molecule has 1 aliphatic rings. The monoisotopic (exact) mass is 610 g/mol. The molecule has 5 aromatic rings. The van der Waals surface area contributed by atoms with Gasteiger partial charge in [0, 0.05) is 31.1 Å². The van der Waals surface area contributed by atoms with E-state index in [1.807, 2.05) is 36.4 Å². The van der Waals surface area contributed by atoms with Crippen LogP contribution in [0.1, 0.15) is 44.7 Å². The van der Waals surface area contributed by atoms with Gasteiger partial charge >= 0.3 is 0 Å². The van der Waals surface area contributed by atoms with Gasteiger partial charge in [-0.3, -0.25) is 9.69 Å². The summed E-state index contributed by atoms with van der Waals surface area (Å²) in [5.74, 6) is 1.11. The van der Waals surface area contributed by atoms with E-state index in [1.165, 1.54) is 23.8 Å². The molecule has 8 nitrogen and oxygen atoms in total. The summed E-state index contributed by atoms with van der Waals surface area (Å²) in [7, 11) is 0. The van der Waals surface area contributed by atoms with E-state index in [1.54, 1.807) is 18.2 Å². The molecule has 0 aliphatic carbocycles. The number of nitrogens with zero attached hydrogens (tertiary/aromatic N) is 4. The summed E-state index contributed by atoms with van der Waals surface area (Å²) in [6.45, 7) is 7.21.